The fourth-order valence-corrected chi connectivity index (χ4v) is 3.68. The van der Waals surface area contributed by atoms with Crippen molar-refractivity contribution < 1.29 is 14.7 Å². The van der Waals surface area contributed by atoms with Crippen molar-refractivity contribution in [3.05, 3.63) is 29.3 Å². The highest BCUT2D eigenvalue weighted by atomic mass is 35.5. The van der Waals surface area contributed by atoms with E-state index >= 15 is 0 Å². The molecule has 2 rings (SSSR count). The smallest absolute Gasteiger partial charge is 0.306 e. The van der Waals surface area contributed by atoms with Gasteiger partial charge in [0.15, 0.2) is 0 Å². The lowest BCUT2D eigenvalue weighted by molar-refractivity contribution is -0.146. The average molecular weight is 328 g/mol. The first-order valence-corrected chi connectivity index (χ1v) is 8.25. The van der Waals surface area contributed by atoms with E-state index in [0.717, 1.165) is 4.90 Å². The van der Waals surface area contributed by atoms with Crippen LogP contribution in [-0.4, -0.2) is 40.2 Å². The summed E-state index contributed by atoms with van der Waals surface area (Å²) in [6.45, 7) is 2.42. The molecular formula is C15H18ClNO3S. The normalized spacial score (nSPS) is 22.1. The number of benzene rings is 1. The number of carbonyl (C=O) groups excluding carboxylic acids is 1. The van der Waals surface area contributed by atoms with Crippen molar-refractivity contribution in [2.45, 2.75) is 30.7 Å². The maximum absolute atomic E-state index is 12.3. The molecule has 0 aliphatic carbocycles. The van der Waals surface area contributed by atoms with Crippen molar-refractivity contribution in [1.29, 1.82) is 0 Å². The number of likely N-dealkylation sites (tertiary alicyclic amines) is 1. The van der Waals surface area contributed by atoms with E-state index in [1.165, 1.54) is 11.8 Å². The Bertz CT molecular complexity index is 537. The van der Waals surface area contributed by atoms with Crippen LogP contribution in [0, 0.1) is 5.92 Å². The van der Waals surface area contributed by atoms with E-state index in [2.05, 4.69) is 0 Å². The number of thioether (sulfide) groups is 1. The monoisotopic (exact) mass is 327 g/mol. The van der Waals surface area contributed by atoms with Crippen molar-refractivity contribution >= 4 is 35.2 Å². The van der Waals surface area contributed by atoms with Gasteiger partial charge in [0.2, 0.25) is 5.91 Å². The number of nitrogens with zero attached hydrogens (tertiary/aromatic N) is 1. The third kappa shape index (κ3) is 4.14. The summed E-state index contributed by atoms with van der Waals surface area (Å²) < 4.78 is 0. The van der Waals surface area contributed by atoms with E-state index in [-0.39, 0.29) is 17.9 Å². The zero-order valence-electron chi connectivity index (χ0n) is 11.8. The molecule has 1 aromatic rings. The molecule has 2 unspecified atom stereocenters. The summed E-state index contributed by atoms with van der Waals surface area (Å²) in [7, 11) is 0. The molecule has 1 aliphatic rings. The lowest BCUT2D eigenvalue weighted by atomic mass is 9.92. The summed E-state index contributed by atoms with van der Waals surface area (Å²) in [5.41, 5.74) is 0. The molecular weight excluding hydrogens is 310 g/mol. The molecule has 4 nitrogen and oxygen atoms in total. The Kier molecular flexibility index (Phi) is 5.53. The predicted octanol–water partition coefficient (Wildman–Crippen LogP) is 3.14. The quantitative estimate of drug-likeness (QED) is 0.863. The fourth-order valence-electron chi connectivity index (χ4n) is 2.55. The molecule has 1 aromatic carbocycles. The standard InChI is InChI=1S/C15H18ClNO3S/c1-10-8-11(15(19)20)6-7-17(10)14(18)9-21-13-5-3-2-4-12(13)16/h2-5,10-11H,6-9H2,1H3,(H,19,20). The number of hydrogen-bond donors (Lipinski definition) is 1. The second-order valence-corrected chi connectivity index (χ2v) is 6.64. The summed E-state index contributed by atoms with van der Waals surface area (Å²) in [6.07, 6.45) is 1.06. The minimum absolute atomic E-state index is 0.0285. The molecule has 0 aromatic heterocycles. The highest BCUT2D eigenvalue weighted by molar-refractivity contribution is 8.00. The van der Waals surface area contributed by atoms with Gasteiger partial charge in [0.1, 0.15) is 0 Å². The topological polar surface area (TPSA) is 57.6 Å². The van der Waals surface area contributed by atoms with Crippen LogP contribution in [0.2, 0.25) is 5.02 Å². The van der Waals surface area contributed by atoms with E-state index in [4.69, 9.17) is 16.7 Å². The largest absolute Gasteiger partial charge is 0.481 e. The van der Waals surface area contributed by atoms with Gasteiger partial charge in [0.25, 0.3) is 0 Å². The van der Waals surface area contributed by atoms with E-state index in [1.807, 2.05) is 25.1 Å². The van der Waals surface area contributed by atoms with Crippen LogP contribution in [0.3, 0.4) is 0 Å². The number of carboxylic acid groups (broad SMARTS) is 1. The first kappa shape index (κ1) is 16.2. The summed E-state index contributed by atoms with van der Waals surface area (Å²) in [6, 6.07) is 7.40. The third-order valence-corrected chi connectivity index (χ3v) is 5.23. The highest BCUT2D eigenvalue weighted by Crippen LogP contribution is 2.28. The van der Waals surface area contributed by atoms with E-state index in [1.54, 1.807) is 11.0 Å². The maximum atomic E-state index is 12.3. The minimum Gasteiger partial charge on any atom is -0.481 e. The van der Waals surface area contributed by atoms with Crippen LogP contribution in [0.1, 0.15) is 19.8 Å². The molecule has 0 radical (unpaired) electrons. The average Bonchev–Trinajstić information content (AvgIpc) is 2.46. The Morgan fingerprint density at radius 3 is 2.76 bits per heavy atom. The number of carbonyl (C=O) groups is 2. The Labute approximate surface area is 133 Å². The second-order valence-electron chi connectivity index (χ2n) is 5.21. The first-order valence-electron chi connectivity index (χ1n) is 6.88. The lowest BCUT2D eigenvalue weighted by Crippen LogP contribution is -2.46. The number of piperidine rings is 1. The Balaban J connectivity index is 1.89. The van der Waals surface area contributed by atoms with Crippen LogP contribution in [0.5, 0.6) is 0 Å². The number of aliphatic carboxylic acids is 1. The molecule has 2 atom stereocenters. The minimum atomic E-state index is -0.764. The van der Waals surface area contributed by atoms with Gasteiger partial charge in [-0.15, -0.1) is 11.8 Å². The second kappa shape index (κ2) is 7.18. The summed E-state index contributed by atoms with van der Waals surface area (Å²) in [5.74, 6) is -0.734. The van der Waals surface area contributed by atoms with Crippen LogP contribution in [0.4, 0.5) is 0 Å². The molecule has 114 valence electrons. The van der Waals surface area contributed by atoms with E-state index in [9.17, 15) is 9.59 Å². The predicted molar refractivity (Wildman–Crippen MR) is 83.7 cm³/mol. The zero-order chi connectivity index (χ0) is 15.4. The Hall–Kier alpha value is -1.20. The van der Waals surface area contributed by atoms with Gasteiger partial charge < -0.3 is 10.0 Å². The van der Waals surface area contributed by atoms with Gasteiger partial charge >= 0.3 is 5.97 Å². The number of carboxylic acids is 1. The molecule has 1 fully saturated rings. The van der Waals surface area contributed by atoms with E-state index in [0.29, 0.717) is 30.2 Å². The molecule has 21 heavy (non-hydrogen) atoms. The maximum Gasteiger partial charge on any atom is 0.306 e. The Morgan fingerprint density at radius 1 is 1.43 bits per heavy atom. The van der Waals surface area contributed by atoms with Crippen molar-refractivity contribution in [2.75, 3.05) is 12.3 Å². The van der Waals surface area contributed by atoms with Gasteiger partial charge in [-0.2, -0.15) is 0 Å². The van der Waals surface area contributed by atoms with Crippen molar-refractivity contribution in [3.8, 4) is 0 Å². The summed E-state index contributed by atoms with van der Waals surface area (Å²) >= 11 is 7.48. The van der Waals surface area contributed by atoms with Crippen molar-refractivity contribution in [2.24, 2.45) is 5.92 Å². The summed E-state index contributed by atoms with van der Waals surface area (Å²) in [5, 5.41) is 9.69. The van der Waals surface area contributed by atoms with Gasteiger partial charge in [0.05, 0.1) is 16.7 Å². The van der Waals surface area contributed by atoms with Gasteiger partial charge in [0, 0.05) is 17.5 Å². The molecule has 1 saturated heterocycles. The molecule has 0 bridgehead atoms. The molecule has 1 heterocycles. The third-order valence-electron chi connectivity index (χ3n) is 3.73. The van der Waals surface area contributed by atoms with Gasteiger partial charge in [-0.3, -0.25) is 9.59 Å². The molecule has 1 amide bonds. The first-order chi connectivity index (χ1) is 9.99. The number of amides is 1. The van der Waals surface area contributed by atoms with Crippen LogP contribution in [0.25, 0.3) is 0 Å². The van der Waals surface area contributed by atoms with Crippen molar-refractivity contribution in [1.82, 2.24) is 4.90 Å². The molecule has 0 spiro atoms. The zero-order valence-corrected chi connectivity index (χ0v) is 13.4. The summed E-state index contributed by atoms with van der Waals surface area (Å²) in [4.78, 5) is 26.0. The molecule has 0 saturated carbocycles. The van der Waals surface area contributed by atoms with Crippen LogP contribution in [-0.2, 0) is 9.59 Å². The molecule has 6 heteroatoms. The fraction of sp³-hybridized carbons (Fsp3) is 0.467. The van der Waals surface area contributed by atoms with Gasteiger partial charge in [-0.25, -0.2) is 0 Å². The lowest BCUT2D eigenvalue weighted by Gasteiger charge is -2.36. The molecule has 1 N–H and O–H groups in total. The molecule has 1 aliphatic heterocycles. The van der Waals surface area contributed by atoms with Gasteiger partial charge in [-0.05, 0) is 31.9 Å². The number of halogens is 1. The SMILES string of the molecule is CC1CC(C(=O)O)CCN1C(=O)CSc1ccccc1Cl. The van der Waals surface area contributed by atoms with Gasteiger partial charge in [-0.1, -0.05) is 23.7 Å². The number of rotatable bonds is 4. The number of hydrogen-bond acceptors (Lipinski definition) is 3. The van der Waals surface area contributed by atoms with Crippen LogP contribution < -0.4 is 0 Å². The van der Waals surface area contributed by atoms with Crippen LogP contribution in [0.15, 0.2) is 29.2 Å². The highest BCUT2D eigenvalue weighted by Gasteiger charge is 2.31. The van der Waals surface area contributed by atoms with Crippen LogP contribution >= 0.6 is 23.4 Å². The van der Waals surface area contributed by atoms with Crippen molar-refractivity contribution in [3.63, 3.8) is 0 Å². The van der Waals surface area contributed by atoms with E-state index < -0.39 is 5.97 Å². The Morgan fingerprint density at radius 2 is 2.14 bits per heavy atom.